The van der Waals surface area contributed by atoms with Crippen LogP contribution in [-0.4, -0.2) is 34.0 Å². The number of amides is 2. The number of carboxylic acid groups (broad SMARTS) is 2. The van der Waals surface area contributed by atoms with Crippen molar-refractivity contribution in [2.24, 2.45) is 0 Å². The van der Waals surface area contributed by atoms with Crippen molar-refractivity contribution in [3.63, 3.8) is 0 Å². The Kier molecular flexibility index (Phi) is 15.5. The van der Waals surface area contributed by atoms with Crippen molar-refractivity contribution < 1.29 is 38.9 Å². The summed E-state index contributed by atoms with van der Waals surface area (Å²) >= 11 is 23.6. The first-order chi connectivity index (χ1) is 27.8. The second-order valence-electron chi connectivity index (χ2n) is 12.5. The van der Waals surface area contributed by atoms with E-state index in [0.29, 0.717) is 78.4 Å². The van der Waals surface area contributed by atoms with Crippen LogP contribution in [0.4, 0.5) is 11.4 Å². The number of hydrogen-bond donors (Lipinski definition) is 4. The van der Waals surface area contributed by atoms with Gasteiger partial charge in [0.15, 0.2) is 0 Å². The lowest BCUT2D eigenvalue weighted by atomic mass is 10.1. The third-order valence-corrected chi connectivity index (χ3v) is 9.64. The number of carbonyl (C=O) groups excluding carboxylic acids is 2. The molecule has 0 bridgehead atoms. The number of anilines is 2. The molecule has 14 heteroatoms. The van der Waals surface area contributed by atoms with Crippen LogP contribution in [0, 0.1) is 0 Å². The number of halogens is 4. The van der Waals surface area contributed by atoms with Crippen LogP contribution in [-0.2, 0) is 22.4 Å². The van der Waals surface area contributed by atoms with Gasteiger partial charge in [-0.05, 0) is 133 Å². The summed E-state index contributed by atoms with van der Waals surface area (Å²) < 4.78 is 11.5. The molecule has 4 N–H and O–H groups in total. The first-order valence-electron chi connectivity index (χ1n) is 17.5. The fraction of sp³-hybridized carbons (Fsp3) is 0.0909. The highest BCUT2D eigenvalue weighted by atomic mass is 35.5. The topological polar surface area (TPSA) is 151 Å². The molecule has 0 spiro atoms. The van der Waals surface area contributed by atoms with Crippen LogP contribution in [0.2, 0.25) is 20.1 Å². The van der Waals surface area contributed by atoms with Crippen LogP contribution in [0.5, 0.6) is 23.0 Å². The van der Waals surface area contributed by atoms with Gasteiger partial charge < -0.3 is 30.3 Å². The zero-order valence-corrected chi connectivity index (χ0v) is 33.4. The molecule has 6 aromatic rings. The molecular formula is C44H34Cl4N2O8. The van der Waals surface area contributed by atoms with Crippen molar-refractivity contribution in [1.82, 2.24) is 0 Å². The van der Waals surface area contributed by atoms with Gasteiger partial charge in [-0.3, -0.25) is 19.2 Å². The monoisotopic (exact) mass is 858 g/mol. The van der Waals surface area contributed by atoms with Crippen LogP contribution in [0.25, 0.3) is 0 Å². The highest BCUT2D eigenvalue weighted by Gasteiger charge is 2.11. The number of aliphatic carboxylic acids is 2. The van der Waals surface area contributed by atoms with E-state index in [-0.39, 0.29) is 24.7 Å². The molecule has 0 heterocycles. The molecular weight excluding hydrogens is 826 g/mol. The number of aryl methyl sites for hydroxylation is 2. The Morgan fingerprint density at radius 1 is 0.431 bits per heavy atom. The molecule has 0 saturated carbocycles. The smallest absolute Gasteiger partial charge is 0.303 e. The molecule has 10 nitrogen and oxygen atoms in total. The average molecular weight is 861 g/mol. The second-order valence-corrected chi connectivity index (χ2v) is 14.1. The van der Waals surface area contributed by atoms with Crippen molar-refractivity contribution in [3.05, 3.63) is 176 Å². The van der Waals surface area contributed by atoms with Crippen LogP contribution >= 0.6 is 46.4 Å². The predicted octanol–water partition coefficient (Wildman–Crippen LogP) is 12.1. The lowest BCUT2D eigenvalue weighted by Gasteiger charge is -2.09. The van der Waals surface area contributed by atoms with Gasteiger partial charge in [-0.2, -0.15) is 0 Å². The second kappa shape index (κ2) is 20.9. The van der Waals surface area contributed by atoms with Gasteiger partial charge in [-0.1, -0.05) is 70.7 Å². The molecule has 0 radical (unpaired) electrons. The maximum atomic E-state index is 12.3. The molecule has 0 fully saturated rings. The van der Waals surface area contributed by atoms with Gasteiger partial charge in [-0.25, -0.2) is 0 Å². The van der Waals surface area contributed by atoms with Crippen molar-refractivity contribution in [3.8, 4) is 23.0 Å². The van der Waals surface area contributed by atoms with Crippen molar-refractivity contribution >= 4 is 81.5 Å². The molecule has 0 aliphatic carbocycles. The minimum absolute atomic E-state index is 0.0929. The Morgan fingerprint density at radius 2 is 0.741 bits per heavy atom. The van der Waals surface area contributed by atoms with Crippen LogP contribution < -0.4 is 20.1 Å². The Balaban J connectivity index is 0.000000221. The minimum atomic E-state index is -0.823. The van der Waals surface area contributed by atoms with E-state index in [2.05, 4.69) is 10.6 Å². The highest BCUT2D eigenvalue weighted by Crippen LogP contribution is 2.28. The van der Waals surface area contributed by atoms with Gasteiger partial charge in [0.2, 0.25) is 0 Å². The quantitative estimate of drug-likeness (QED) is 0.0845. The first kappa shape index (κ1) is 43.1. The Bertz CT molecular complexity index is 2200. The Morgan fingerprint density at radius 3 is 1.03 bits per heavy atom. The maximum Gasteiger partial charge on any atom is 0.303 e. The van der Waals surface area contributed by atoms with Gasteiger partial charge >= 0.3 is 11.9 Å². The fourth-order valence-corrected chi connectivity index (χ4v) is 5.71. The molecule has 0 atom stereocenters. The maximum absolute atomic E-state index is 12.3. The summed E-state index contributed by atoms with van der Waals surface area (Å²) in [4.78, 5) is 45.8. The molecule has 0 aliphatic rings. The lowest BCUT2D eigenvalue weighted by molar-refractivity contribution is -0.138. The van der Waals surface area contributed by atoms with E-state index < -0.39 is 11.9 Å². The largest absolute Gasteiger partial charge is 0.481 e. The predicted molar refractivity (Wildman–Crippen MR) is 227 cm³/mol. The van der Waals surface area contributed by atoms with Crippen molar-refractivity contribution in [2.75, 3.05) is 10.6 Å². The van der Waals surface area contributed by atoms with Gasteiger partial charge in [-0.15, -0.1) is 0 Å². The zero-order valence-electron chi connectivity index (χ0n) is 30.4. The summed E-state index contributed by atoms with van der Waals surface area (Å²) in [5.74, 6) is 0.247. The lowest BCUT2D eigenvalue weighted by Crippen LogP contribution is -2.11. The van der Waals surface area contributed by atoms with E-state index in [4.69, 9.17) is 66.1 Å². The standard InChI is InChI=1S/2C22H17Cl2NO4/c2*23-19-11-4-15(13-20(19)24)22(28)25-16-5-9-18(10-6-16)29-17-7-1-14(2-8-17)3-12-21(26)27/h2*1-2,4-11,13H,3,12H2,(H,25,28)(H,26,27). The number of hydrogen-bond acceptors (Lipinski definition) is 6. The van der Waals surface area contributed by atoms with E-state index in [1.54, 1.807) is 97.1 Å². The fourth-order valence-electron chi connectivity index (χ4n) is 5.12. The summed E-state index contributed by atoms with van der Waals surface area (Å²) in [7, 11) is 0. The third kappa shape index (κ3) is 13.6. The summed E-state index contributed by atoms with van der Waals surface area (Å²) in [6, 6.07) is 37.7. The highest BCUT2D eigenvalue weighted by molar-refractivity contribution is 6.42. The first-order valence-corrected chi connectivity index (χ1v) is 19.0. The van der Waals surface area contributed by atoms with Crippen LogP contribution in [0.15, 0.2) is 133 Å². The van der Waals surface area contributed by atoms with E-state index in [0.717, 1.165) is 11.1 Å². The number of carboxylic acids is 2. The number of nitrogens with one attached hydrogen (secondary N) is 2. The summed E-state index contributed by atoms with van der Waals surface area (Å²) in [6.07, 6.45) is 1.14. The van der Waals surface area contributed by atoms with Crippen LogP contribution in [0.3, 0.4) is 0 Å². The normalized spacial score (nSPS) is 10.4. The van der Waals surface area contributed by atoms with Gasteiger partial charge in [0.1, 0.15) is 23.0 Å². The van der Waals surface area contributed by atoms with E-state index >= 15 is 0 Å². The molecule has 2 amide bonds. The van der Waals surface area contributed by atoms with Gasteiger partial charge in [0, 0.05) is 35.3 Å². The number of ether oxygens (including phenoxy) is 2. The van der Waals surface area contributed by atoms with Gasteiger partial charge in [0.25, 0.3) is 11.8 Å². The molecule has 0 aromatic heterocycles. The third-order valence-electron chi connectivity index (χ3n) is 8.16. The molecule has 6 rings (SSSR count). The zero-order chi connectivity index (χ0) is 41.6. The Hall–Kier alpha value is -6.04. The molecule has 0 aliphatic heterocycles. The van der Waals surface area contributed by atoms with Crippen LogP contribution in [0.1, 0.15) is 44.7 Å². The summed E-state index contributed by atoms with van der Waals surface area (Å²) in [5.41, 5.74) is 3.89. The van der Waals surface area contributed by atoms with E-state index in [9.17, 15) is 19.2 Å². The number of rotatable bonds is 14. The Labute approximate surface area is 353 Å². The molecule has 0 unspecified atom stereocenters. The van der Waals surface area contributed by atoms with Gasteiger partial charge in [0.05, 0.1) is 20.1 Å². The number of carbonyl (C=O) groups is 4. The summed E-state index contributed by atoms with van der Waals surface area (Å²) in [5, 5.41) is 24.4. The summed E-state index contributed by atoms with van der Waals surface area (Å²) in [6.45, 7) is 0. The van der Waals surface area contributed by atoms with E-state index in [1.807, 2.05) is 24.3 Å². The number of benzene rings is 6. The molecule has 296 valence electrons. The minimum Gasteiger partial charge on any atom is -0.481 e. The van der Waals surface area contributed by atoms with Crippen molar-refractivity contribution in [1.29, 1.82) is 0 Å². The van der Waals surface area contributed by atoms with Crippen molar-refractivity contribution in [2.45, 2.75) is 25.7 Å². The molecule has 58 heavy (non-hydrogen) atoms. The average Bonchev–Trinajstić information content (AvgIpc) is 3.21. The SMILES string of the molecule is O=C(O)CCc1ccc(Oc2ccc(NC(=O)c3ccc(Cl)c(Cl)c3)cc2)cc1.O=C(O)CCc1ccc(Oc2ccc(NC(=O)c3ccc(Cl)c(Cl)c3)cc2)cc1. The van der Waals surface area contributed by atoms with E-state index in [1.165, 1.54) is 12.1 Å². The molecule has 6 aromatic carbocycles. The molecule has 0 saturated heterocycles.